The lowest BCUT2D eigenvalue weighted by Crippen LogP contribution is -2.32. The summed E-state index contributed by atoms with van der Waals surface area (Å²) in [7, 11) is 0. The van der Waals surface area contributed by atoms with Gasteiger partial charge >= 0.3 is 77.6 Å². The SMILES string of the molecule is C=CCOC(=O)C(C)(C)CC.CCC(C)(C)C(=O)OCCNC(=O)CC1=Nc2ccccc2C1.CCC(C)(C)C(=O)OCc1ccccc1.CCC(C)C(=O)OCCCCCC(=O)OCCCCCC(=O)O.CCC(C)C(=O)OCCCCCC(=O)OCCCCCC(=O)O.CCC(C)C(=O)OCCCCCC(=O)OCCCCCC(=O)O.CCCCOC(=O)C(C)(C)CC. The van der Waals surface area contributed by atoms with Crippen LogP contribution < -0.4 is 5.32 Å². The number of fused-ring (bicyclic) bond motifs is 1. The normalized spacial score (nSPS) is 11.8. The lowest BCUT2D eigenvalue weighted by molar-refractivity contribution is -0.156. The largest absolute Gasteiger partial charge is 0.481 e. The molecule has 1 aliphatic heterocycles. The average molecular weight is 1840 g/mol. The summed E-state index contributed by atoms with van der Waals surface area (Å²) in [5.74, 6) is -4.37. The maximum absolute atomic E-state index is 11.9. The molecule has 0 fully saturated rings. The number of aliphatic imine (C=N–C) groups is 1. The predicted octanol–water partition coefficient (Wildman–Crippen LogP) is 20.9. The first-order chi connectivity index (χ1) is 61.5. The van der Waals surface area contributed by atoms with Crippen molar-refractivity contribution in [2.45, 2.75) is 363 Å². The zero-order valence-corrected chi connectivity index (χ0v) is 82.8. The Balaban J connectivity index is -0.000000724. The number of nitrogens with zero attached hydrogens (tertiary/aromatic N) is 1. The van der Waals surface area contributed by atoms with Gasteiger partial charge in [0.05, 0.1) is 104 Å². The summed E-state index contributed by atoms with van der Waals surface area (Å²) in [6.45, 7) is 44.0. The average Bonchev–Trinajstić information content (AvgIpc) is 1.39. The number of rotatable bonds is 62. The van der Waals surface area contributed by atoms with Crippen molar-refractivity contribution in [3.8, 4) is 0 Å². The summed E-state index contributed by atoms with van der Waals surface area (Å²) in [6.07, 6.45) is 24.8. The Morgan fingerprint density at radius 3 is 1.01 bits per heavy atom. The Bertz CT molecular complexity index is 3350. The fourth-order valence-electron chi connectivity index (χ4n) is 9.94. The molecule has 744 valence electrons. The number of nitrogens with one attached hydrogen (secondary N) is 1. The Labute approximate surface area is 778 Å². The van der Waals surface area contributed by atoms with Crippen LogP contribution in [-0.2, 0) is 128 Å². The van der Waals surface area contributed by atoms with Crippen LogP contribution in [-0.4, -0.2) is 171 Å². The second-order valence-corrected chi connectivity index (χ2v) is 34.7. The summed E-state index contributed by atoms with van der Waals surface area (Å²) >= 11 is 0. The van der Waals surface area contributed by atoms with Crippen LogP contribution in [0.25, 0.3) is 0 Å². The van der Waals surface area contributed by atoms with Gasteiger partial charge in [-0.1, -0.05) is 144 Å². The number of ether oxygens (including phenoxy) is 10. The quantitative estimate of drug-likeness (QED) is 0.0207. The van der Waals surface area contributed by atoms with E-state index in [1.165, 1.54) is 0 Å². The van der Waals surface area contributed by atoms with Crippen molar-refractivity contribution >= 4 is 94.9 Å². The van der Waals surface area contributed by atoms with E-state index in [1.54, 1.807) is 6.08 Å². The zero-order valence-electron chi connectivity index (χ0n) is 82.8. The summed E-state index contributed by atoms with van der Waals surface area (Å²) in [5, 5.41) is 28.2. The fourth-order valence-corrected chi connectivity index (χ4v) is 9.94. The molecule has 29 heteroatoms. The maximum Gasteiger partial charge on any atom is 0.311 e. The van der Waals surface area contributed by atoms with Gasteiger partial charge < -0.3 is 68.0 Å². The number of carbonyl (C=O) groups is 14. The van der Waals surface area contributed by atoms with Crippen molar-refractivity contribution < 1.29 is 130 Å². The minimum absolute atomic E-state index is 0.0551. The Hall–Kier alpha value is -9.57. The number of benzene rings is 2. The summed E-state index contributed by atoms with van der Waals surface area (Å²) in [6, 6.07) is 17.6. The molecular weight excluding hydrogens is 1670 g/mol. The molecule has 3 atom stereocenters. The topological polar surface area (TPSA) is 416 Å². The molecule has 2 aromatic carbocycles. The maximum atomic E-state index is 11.9. The van der Waals surface area contributed by atoms with Gasteiger partial charge in [0.2, 0.25) is 5.91 Å². The van der Waals surface area contributed by atoms with Gasteiger partial charge in [-0.2, -0.15) is 0 Å². The molecule has 0 bridgehead atoms. The number of carboxylic acid groups (broad SMARTS) is 3. The molecule has 2 aromatic rings. The molecule has 0 aliphatic carbocycles. The van der Waals surface area contributed by atoms with E-state index in [4.69, 9.17) is 62.7 Å². The van der Waals surface area contributed by atoms with Gasteiger partial charge in [-0.15, -0.1) is 0 Å². The lowest BCUT2D eigenvalue weighted by Gasteiger charge is -2.20. The molecule has 4 N–H and O–H groups in total. The Kier molecular flexibility index (Phi) is 77.2. The molecule has 130 heavy (non-hydrogen) atoms. The van der Waals surface area contributed by atoms with Crippen molar-refractivity contribution in [3.63, 3.8) is 0 Å². The number of hydrogen-bond donors (Lipinski definition) is 4. The molecule has 3 rings (SSSR count). The number of esters is 10. The van der Waals surface area contributed by atoms with Gasteiger partial charge in [-0.25, -0.2) is 0 Å². The van der Waals surface area contributed by atoms with Crippen molar-refractivity contribution in [1.82, 2.24) is 5.32 Å². The first-order valence-corrected chi connectivity index (χ1v) is 47.3. The third kappa shape index (κ3) is 72.2. The third-order valence-electron chi connectivity index (χ3n) is 21.5. The van der Waals surface area contributed by atoms with E-state index in [1.807, 2.05) is 179 Å². The van der Waals surface area contributed by atoms with Crippen LogP contribution in [0.15, 0.2) is 72.2 Å². The highest BCUT2D eigenvalue weighted by atomic mass is 16.6. The van der Waals surface area contributed by atoms with E-state index in [0.717, 1.165) is 164 Å². The molecule has 0 saturated carbocycles. The van der Waals surface area contributed by atoms with E-state index >= 15 is 0 Å². The van der Waals surface area contributed by atoms with E-state index in [2.05, 4.69) is 23.8 Å². The molecule has 0 aromatic heterocycles. The summed E-state index contributed by atoms with van der Waals surface area (Å²) < 4.78 is 51.0. The monoisotopic (exact) mass is 1840 g/mol. The van der Waals surface area contributed by atoms with Crippen LogP contribution in [0.3, 0.4) is 0 Å². The number of hydrogen-bond acceptors (Lipinski definition) is 25. The van der Waals surface area contributed by atoms with E-state index < -0.39 is 23.3 Å². The van der Waals surface area contributed by atoms with E-state index in [0.29, 0.717) is 124 Å². The highest BCUT2D eigenvalue weighted by Crippen LogP contribution is 2.28. The minimum Gasteiger partial charge on any atom is -0.481 e. The first kappa shape index (κ1) is 127. The third-order valence-corrected chi connectivity index (χ3v) is 21.5. The van der Waals surface area contributed by atoms with Crippen molar-refractivity contribution in [2.24, 2.45) is 44.4 Å². The molecule has 0 spiro atoms. The van der Waals surface area contributed by atoms with Gasteiger partial charge in [0.25, 0.3) is 0 Å². The van der Waals surface area contributed by atoms with Crippen LogP contribution in [0, 0.1) is 39.4 Å². The van der Waals surface area contributed by atoms with Gasteiger partial charge in [0.15, 0.2) is 0 Å². The van der Waals surface area contributed by atoms with Crippen LogP contribution in [0.5, 0.6) is 0 Å². The standard InChI is InChI=1S/C18H24N2O3.3C17H30O6.C13H18O2.C10H20O2.C9H16O2/c1-4-18(2,3)17(22)23-10-9-19-16(21)12-14-11-13-7-5-6-8-15(13)20-14;3*1-3-14(2)17(21)23-13-9-5-7-11-16(20)22-12-8-4-6-10-15(18)19;1-4-13(2,3)12(14)15-10-11-8-6-5-7-9-11;1-5-7-8-12-9(11)10(3,4)6-2;1-5-7-11-8(10)9(3,4)6-2/h5-8H,4,9-12H2,1-3H3,(H,19,21);3*14H,3-13H2,1-2H3,(H,18,19);5-9H,4,10H2,1-3H3;5-8H2,1-4H3;5H,1,6-7H2,2-4H3. The molecule has 3 unspecified atom stereocenters. The van der Waals surface area contributed by atoms with Crippen LogP contribution in [0.4, 0.5) is 5.69 Å². The zero-order chi connectivity index (χ0) is 99.2. The summed E-state index contributed by atoms with van der Waals surface area (Å²) in [5.41, 5.74) is 2.47. The van der Waals surface area contributed by atoms with Crippen molar-refractivity contribution in [3.05, 3.63) is 78.4 Å². The number of unbranched alkanes of at least 4 members (excludes halogenated alkanes) is 13. The molecule has 29 nitrogen and oxygen atoms in total. The van der Waals surface area contributed by atoms with Crippen LogP contribution in [0.1, 0.15) is 361 Å². The highest BCUT2D eigenvalue weighted by Gasteiger charge is 2.30. The number of aliphatic carboxylic acids is 3. The van der Waals surface area contributed by atoms with Crippen LogP contribution >= 0.6 is 0 Å². The Morgan fingerprint density at radius 2 is 0.685 bits per heavy atom. The minimum atomic E-state index is -0.795. The van der Waals surface area contributed by atoms with Gasteiger partial charge in [0.1, 0.15) is 19.8 Å². The van der Waals surface area contributed by atoms with Crippen molar-refractivity contribution in [1.29, 1.82) is 0 Å². The molecule has 1 aliphatic rings. The fraction of sp³-hybridized carbons (Fsp3) is 0.713. The van der Waals surface area contributed by atoms with Crippen LogP contribution in [0.2, 0.25) is 0 Å². The molecule has 1 amide bonds. The van der Waals surface area contributed by atoms with Gasteiger partial charge in [-0.05, 0) is 240 Å². The Morgan fingerprint density at radius 1 is 0.377 bits per heavy atom. The highest BCUT2D eigenvalue weighted by molar-refractivity contribution is 6.05. The van der Waals surface area contributed by atoms with Gasteiger partial charge in [0, 0.05) is 50.7 Å². The second kappa shape index (κ2) is 79.2. The lowest BCUT2D eigenvalue weighted by atomic mass is 9.91. The van der Waals surface area contributed by atoms with E-state index in [9.17, 15) is 67.1 Å². The van der Waals surface area contributed by atoms with Gasteiger partial charge in [-0.3, -0.25) is 72.1 Å². The molecule has 0 radical (unpaired) electrons. The second-order valence-electron chi connectivity index (χ2n) is 34.7. The van der Waals surface area contributed by atoms with E-state index in [-0.39, 0.29) is 132 Å². The number of para-hydroxylation sites is 1. The van der Waals surface area contributed by atoms with Crippen molar-refractivity contribution in [2.75, 3.05) is 66.0 Å². The molecular formula is C101H168N2O27. The molecule has 0 saturated heterocycles. The summed E-state index contributed by atoms with van der Waals surface area (Å²) in [4.78, 5) is 162. The number of carboxylic acids is 3. The number of amides is 1. The first-order valence-electron chi connectivity index (χ1n) is 47.3. The predicted molar refractivity (Wildman–Crippen MR) is 503 cm³/mol. The number of carbonyl (C=O) groups excluding carboxylic acids is 11. The smallest absolute Gasteiger partial charge is 0.311 e. The molecule has 1 heterocycles.